The van der Waals surface area contributed by atoms with Crippen molar-refractivity contribution >= 4 is 23.5 Å². The third-order valence-electron chi connectivity index (χ3n) is 6.54. The van der Waals surface area contributed by atoms with Crippen LogP contribution in [-0.2, 0) is 5.54 Å². The number of benzene rings is 1. The topological polar surface area (TPSA) is 155 Å². The summed E-state index contributed by atoms with van der Waals surface area (Å²) in [6.07, 6.45) is 4.41. The van der Waals surface area contributed by atoms with Crippen molar-refractivity contribution in [3.63, 3.8) is 0 Å². The van der Waals surface area contributed by atoms with E-state index < -0.39 is 41.4 Å². The second-order valence-electron chi connectivity index (χ2n) is 9.39. The SMILES string of the molecule is CC(C)(CC1[C@@H](n2cc(C(N)=O)c(Nc3ccc(F)cc3)n2)[C@H](C#N)CCN1C(=O)O)n1cccn1. The number of halogens is 1. The Hall–Kier alpha value is -4.40. The molecular formula is C24H27FN8O3. The summed E-state index contributed by atoms with van der Waals surface area (Å²) < 4.78 is 16.5. The molecule has 1 fully saturated rings. The Balaban J connectivity index is 1.77. The highest BCUT2D eigenvalue weighted by atomic mass is 19.1. The van der Waals surface area contributed by atoms with Crippen molar-refractivity contribution in [3.8, 4) is 6.07 Å². The fraction of sp³-hybridized carbons (Fsp3) is 0.375. The third-order valence-corrected chi connectivity index (χ3v) is 6.54. The number of carbonyl (C=O) groups excluding carboxylic acids is 1. The molecule has 1 aliphatic rings. The van der Waals surface area contributed by atoms with Gasteiger partial charge >= 0.3 is 6.09 Å². The molecule has 188 valence electrons. The maximum absolute atomic E-state index is 13.3. The highest BCUT2D eigenvalue weighted by molar-refractivity contribution is 5.98. The van der Waals surface area contributed by atoms with E-state index in [2.05, 4.69) is 21.6 Å². The normalized spacial score (nSPS) is 20.1. The van der Waals surface area contributed by atoms with Crippen LogP contribution in [-0.4, -0.2) is 54.2 Å². The molecule has 1 aromatic carbocycles. The minimum atomic E-state index is -1.11. The maximum atomic E-state index is 13.3. The minimum absolute atomic E-state index is 0.0635. The number of hydrogen-bond acceptors (Lipinski definition) is 6. The van der Waals surface area contributed by atoms with Crippen molar-refractivity contribution in [2.24, 2.45) is 11.7 Å². The van der Waals surface area contributed by atoms with E-state index in [4.69, 9.17) is 5.73 Å². The fourth-order valence-corrected chi connectivity index (χ4v) is 4.76. The number of rotatable bonds is 7. The van der Waals surface area contributed by atoms with E-state index in [0.717, 1.165) is 0 Å². The van der Waals surface area contributed by atoms with Gasteiger partial charge in [0, 0.05) is 30.8 Å². The van der Waals surface area contributed by atoms with Crippen LogP contribution >= 0.6 is 0 Å². The van der Waals surface area contributed by atoms with Crippen molar-refractivity contribution in [2.45, 2.75) is 44.3 Å². The number of nitrogens with zero attached hydrogens (tertiary/aromatic N) is 6. The Morgan fingerprint density at radius 2 is 2.06 bits per heavy atom. The Morgan fingerprint density at radius 1 is 1.33 bits per heavy atom. The molecular weight excluding hydrogens is 467 g/mol. The predicted molar refractivity (Wildman–Crippen MR) is 128 cm³/mol. The first-order valence-electron chi connectivity index (χ1n) is 11.4. The maximum Gasteiger partial charge on any atom is 0.407 e. The molecule has 0 radical (unpaired) electrons. The van der Waals surface area contributed by atoms with Crippen LogP contribution in [0.15, 0.2) is 48.9 Å². The average Bonchev–Trinajstić information content (AvgIpc) is 3.51. The number of piperidine rings is 1. The molecule has 11 nitrogen and oxygen atoms in total. The summed E-state index contributed by atoms with van der Waals surface area (Å²) in [5.41, 5.74) is 5.56. The number of amides is 2. The van der Waals surface area contributed by atoms with Gasteiger partial charge in [0.25, 0.3) is 5.91 Å². The number of carbonyl (C=O) groups is 2. The first-order valence-corrected chi connectivity index (χ1v) is 11.4. The number of likely N-dealkylation sites (tertiary alicyclic amines) is 1. The van der Waals surface area contributed by atoms with Crippen molar-refractivity contribution < 1.29 is 19.1 Å². The van der Waals surface area contributed by atoms with Gasteiger partial charge < -0.3 is 21.1 Å². The molecule has 1 saturated heterocycles. The van der Waals surface area contributed by atoms with Crippen molar-refractivity contribution in [2.75, 3.05) is 11.9 Å². The Labute approximate surface area is 206 Å². The Kier molecular flexibility index (Phi) is 6.65. The molecule has 0 aliphatic carbocycles. The van der Waals surface area contributed by atoms with E-state index in [-0.39, 0.29) is 17.9 Å². The minimum Gasteiger partial charge on any atom is -0.465 e. The molecule has 12 heteroatoms. The molecule has 2 aromatic heterocycles. The van der Waals surface area contributed by atoms with Crippen LogP contribution in [0, 0.1) is 23.1 Å². The smallest absolute Gasteiger partial charge is 0.407 e. The van der Waals surface area contributed by atoms with E-state index in [9.17, 15) is 24.3 Å². The van der Waals surface area contributed by atoms with Gasteiger partial charge in [-0.15, -0.1) is 0 Å². The fourth-order valence-electron chi connectivity index (χ4n) is 4.76. The number of nitrogens with two attached hydrogens (primary N) is 1. The number of aromatic nitrogens is 4. The number of nitriles is 1. The third kappa shape index (κ3) is 4.86. The van der Waals surface area contributed by atoms with Crippen LogP contribution in [0.1, 0.15) is 43.1 Å². The predicted octanol–water partition coefficient (Wildman–Crippen LogP) is 3.32. The van der Waals surface area contributed by atoms with Gasteiger partial charge in [-0.3, -0.25) is 14.2 Å². The molecule has 1 aliphatic heterocycles. The molecule has 4 rings (SSSR count). The molecule has 3 heterocycles. The van der Waals surface area contributed by atoms with E-state index in [1.54, 1.807) is 23.1 Å². The van der Waals surface area contributed by atoms with E-state index in [1.165, 1.54) is 40.0 Å². The number of anilines is 2. The van der Waals surface area contributed by atoms with Crippen LogP contribution in [0.25, 0.3) is 0 Å². The van der Waals surface area contributed by atoms with E-state index >= 15 is 0 Å². The standard InChI is InChI=1S/C24H27FN8O3/c1-24(2,33-10-3-9-28-33)12-19-20(15(13-26)8-11-31(19)23(35)36)32-14-18(21(27)34)22(30-32)29-17-6-4-16(25)5-7-17/h3-7,9-10,14-15,19-20H,8,11-12H2,1-2H3,(H2,27,34)(H,29,30)(H,35,36)/t15-,19?,20-/m0/s1. The molecule has 1 unspecified atom stereocenters. The number of carboxylic acid groups (broad SMARTS) is 1. The molecule has 2 amide bonds. The molecule has 36 heavy (non-hydrogen) atoms. The number of hydrogen-bond donors (Lipinski definition) is 3. The van der Waals surface area contributed by atoms with Gasteiger partial charge in [0.15, 0.2) is 5.82 Å². The molecule has 3 atom stereocenters. The lowest BCUT2D eigenvalue weighted by Gasteiger charge is -2.45. The summed E-state index contributed by atoms with van der Waals surface area (Å²) in [5, 5.41) is 31.8. The van der Waals surface area contributed by atoms with Crippen LogP contribution < -0.4 is 11.1 Å². The molecule has 0 spiro atoms. The monoisotopic (exact) mass is 494 g/mol. The largest absolute Gasteiger partial charge is 0.465 e. The number of nitrogens with one attached hydrogen (secondary N) is 1. The summed E-state index contributed by atoms with van der Waals surface area (Å²) in [7, 11) is 0. The molecule has 3 aromatic rings. The molecule has 0 saturated carbocycles. The summed E-state index contributed by atoms with van der Waals surface area (Å²) in [5.74, 6) is -1.61. The van der Waals surface area contributed by atoms with Gasteiger partial charge in [-0.1, -0.05) is 0 Å². The van der Waals surface area contributed by atoms with Gasteiger partial charge in [-0.25, -0.2) is 9.18 Å². The van der Waals surface area contributed by atoms with Gasteiger partial charge in [0.1, 0.15) is 11.4 Å². The zero-order valence-corrected chi connectivity index (χ0v) is 19.9. The van der Waals surface area contributed by atoms with Gasteiger partial charge in [-0.2, -0.15) is 15.5 Å². The summed E-state index contributed by atoms with van der Waals surface area (Å²) in [4.78, 5) is 25.8. The van der Waals surface area contributed by atoms with E-state index in [1.807, 2.05) is 13.8 Å². The second kappa shape index (κ2) is 9.69. The lowest BCUT2D eigenvalue weighted by atomic mass is 9.80. The van der Waals surface area contributed by atoms with Crippen LogP contribution in [0.2, 0.25) is 0 Å². The lowest BCUT2D eigenvalue weighted by molar-refractivity contribution is 0.0392. The van der Waals surface area contributed by atoms with Crippen molar-refractivity contribution in [1.29, 1.82) is 5.26 Å². The molecule has 0 bridgehead atoms. The van der Waals surface area contributed by atoms with Crippen LogP contribution in [0.3, 0.4) is 0 Å². The highest BCUT2D eigenvalue weighted by Crippen LogP contribution is 2.39. The van der Waals surface area contributed by atoms with Crippen molar-refractivity contribution in [3.05, 3.63) is 60.3 Å². The summed E-state index contributed by atoms with van der Waals surface area (Å²) in [6.45, 7) is 4.06. The summed E-state index contributed by atoms with van der Waals surface area (Å²) >= 11 is 0. The van der Waals surface area contributed by atoms with Gasteiger partial charge in [-0.05, 0) is 57.0 Å². The second-order valence-corrected chi connectivity index (χ2v) is 9.39. The first-order chi connectivity index (χ1) is 17.1. The van der Waals surface area contributed by atoms with Gasteiger partial charge in [0.2, 0.25) is 0 Å². The lowest BCUT2D eigenvalue weighted by Crippen LogP contribution is -2.54. The molecule has 4 N–H and O–H groups in total. The Morgan fingerprint density at radius 3 is 2.64 bits per heavy atom. The highest BCUT2D eigenvalue weighted by Gasteiger charge is 2.45. The summed E-state index contributed by atoms with van der Waals surface area (Å²) in [6, 6.07) is 8.22. The van der Waals surface area contributed by atoms with Crippen LogP contribution in [0.4, 0.5) is 20.7 Å². The average molecular weight is 495 g/mol. The zero-order chi connectivity index (χ0) is 26.0. The number of primary amides is 1. The van der Waals surface area contributed by atoms with Gasteiger partial charge in [0.05, 0.1) is 29.6 Å². The zero-order valence-electron chi connectivity index (χ0n) is 19.9. The van der Waals surface area contributed by atoms with Crippen molar-refractivity contribution in [1.82, 2.24) is 24.5 Å². The first kappa shape index (κ1) is 24.7. The van der Waals surface area contributed by atoms with E-state index in [0.29, 0.717) is 18.5 Å². The quantitative estimate of drug-likeness (QED) is 0.455. The Bertz CT molecular complexity index is 1280. The van der Waals surface area contributed by atoms with Crippen LogP contribution in [0.5, 0.6) is 0 Å².